The van der Waals surface area contributed by atoms with Crippen LogP contribution >= 0.6 is 0 Å². The Morgan fingerprint density at radius 1 is 1.00 bits per heavy atom. The largest absolute Gasteiger partial charge is 0.305 e. The van der Waals surface area contributed by atoms with Crippen LogP contribution in [0.4, 0.5) is 14.5 Å². The number of likely N-dealkylation sites (tertiary alicyclic amines) is 1. The van der Waals surface area contributed by atoms with Gasteiger partial charge in [-0.25, -0.2) is 8.78 Å². The Hall–Kier alpha value is -2.27. The molecule has 144 valence electrons. The first-order chi connectivity index (χ1) is 12.9. The summed E-state index contributed by atoms with van der Waals surface area (Å²) < 4.78 is 26.6. The fourth-order valence-corrected chi connectivity index (χ4v) is 3.70. The summed E-state index contributed by atoms with van der Waals surface area (Å²) in [5.74, 6) is -0.277. The van der Waals surface area contributed by atoms with Crippen molar-refractivity contribution in [1.82, 2.24) is 4.90 Å². The maximum Gasteiger partial charge on any atom is 0.258 e. The third kappa shape index (κ3) is 4.92. The first kappa shape index (κ1) is 19.5. The molecule has 0 radical (unpaired) electrons. The lowest BCUT2D eigenvalue weighted by Gasteiger charge is -2.39. The van der Waals surface area contributed by atoms with E-state index in [2.05, 4.69) is 18.7 Å². The van der Waals surface area contributed by atoms with Gasteiger partial charge in [0.1, 0.15) is 11.6 Å². The number of amides is 1. The Kier molecular flexibility index (Phi) is 6.22. The van der Waals surface area contributed by atoms with Crippen molar-refractivity contribution < 1.29 is 13.6 Å². The Morgan fingerprint density at radius 2 is 1.52 bits per heavy atom. The highest BCUT2D eigenvalue weighted by atomic mass is 19.1. The van der Waals surface area contributed by atoms with Gasteiger partial charge in [-0.2, -0.15) is 0 Å². The first-order valence-electron chi connectivity index (χ1n) is 9.51. The Balaban J connectivity index is 1.83. The van der Waals surface area contributed by atoms with Gasteiger partial charge in [-0.05, 0) is 67.3 Å². The molecule has 5 heteroatoms. The second kappa shape index (κ2) is 8.61. The van der Waals surface area contributed by atoms with Gasteiger partial charge in [-0.15, -0.1) is 0 Å². The number of halogens is 2. The number of carbonyl (C=O) groups is 1. The van der Waals surface area contributed by atoms with Gasteiger partial charge in [-0.1, -0.05) is 13.8 Å². The molecular formula is C22H26F2N2O. The van der Waals surface area contributed by atoms with Gasteiger partial charge in [0, 0.05) is 36.9 Å². The minimum atomic E-state index is -0.373. The van der Waals surface area contributed by atoms with E-state index in [0.717, 1.165) is 32.5 Å². The summed E-state index contributed by atoms with van der Waals surface area (Å²) in [6.07, 6.45) is 1.72. The molecule has 1 saturated heterocycles. The van der Waals surface area contributed by atoms with Gasteiger partial charge in [0.2, 0.25) is 0 Å². The highest BCUT2D eigenvalue weighted by molar-refractivity contribution is 6.06. The smallest absolute Gasteiger partial charge is 0.258 e. The third-order valence-electron chi connectivity index (χ3n) is 4.96. The number of hydrogen-bond donors (Lipinski definition) is 0. The van der Waals surface area contributed by atoms with Gasteiger partial charge in [-0.3, -0.25) is 4.79 Å². The van der Waals surface area contributed by atoms with Crippen molar-refractivity contribution >= 4 is 11.6 Å². The molecule has 0 bridgehead atoms. The van der Waals surface area contributed by atoms with E-state index >= 15 is 0 Å². The minimum absolute atomic E-state index is 0.0384. The third-order valence-corrected chi connectivity index (χ3v) is 4.96. The van der Waals surface area contributed by atoms with Crippen LogP contribution in [0, 0.1) is 17.6 Å². The Morgan fingerprint density at radius 3 is 2.04 bits per heavy atom. The Labute approximate surface area is 159 Å². The minimum Gasteiger partial charge on any atom is -0.305 e. The molecular weight excluding hydrogens is 346 g/mol. The second-order valence-electron chi connectivity index (χ2n) is 7.58. The summed E-state index contributed by atoms with van der Waals surface area (Å²) in [5.41, 5.74) is 1.11. The van der Waals surface area contributed by atoms with E-state index in [-0.39, 0.29) is 23.6 Å². The molecule has 2 aromatic rings. The van der Waals surface area contributed by atoms with Crippen LogP contribution in [0.3, 0.4) is 0 Å². The predicted octanol–water partition coefficient (Wildman–Crippen LogP) is 4.73. The van der Waals surface area contributed by atoms with Crippen molar-refractivity contribution in [2.24, 2.45) is 5.92 Å². The first-order valence-corrected chi connectivity index (χ1v) is 9.51. The monoisotopic (exact) mass is 372 g/mol. The van der Waals surface area contributed by atoms with E-state index in [1.807, 2.05) is 0 Å². The van der Waals surface area contributed by atoms with Crippen molar-refractivity contribution in [2.75, 3.05) is 24.5 Å². The van der Waals surface area contributed by atoms with Crippen molar-refractivity contribution in [3.05, 3.63) is 65.7 Å². The lowest BCUT2D eigenvalue weighted by molar-refractivity contribution is 0.0957. The molecule has 1 aliphatic heterocycles. The van der Waals surface area contributed by atoms with Gasteiger partial charge in [0.15, 0.2) is 0 Å². The zero-order chi connectivity index (χ0) is 19.4. The topological polar surface area (TPSA) is 23.6 Å². The molecule has 3 rings (SSSR count). The highest BCUT2D eigenvalue weighted by Crippen LogP contribution is 2.26. The molecule has 0 N–H and O–H groups in total. The predicted molar refractivity (Wildman–Crippen MR) is 104 cm³/mol. The summed E-state index contributed by atoms with van der Waals surface area (Å²) in [7, 11) is 0. The number of nitrogens with zero attached hydrogens (tertiary/aromatic N) is 2. The Bertz CT molecular complexity index is 751. The number of carbonyl (C=O) groups excluding carboxylic acids is 1. The lowest BCUT2D eigenvalue weighted by atomic mass is 10.00. The van der Waals surface area contributed by atoms with Crippen LogP contribution in [0.1, 0.15) is 37.0 Å². The number of piperidine rings is 1. The van der Waals surface area contributed by atoms with Gasteiger partial charge >= 0.3 is 0 Å². The second-order valence-corrected chi connectivity index (χ2v) is 7.58. The van der Waals surface area contributed by atoms with Crippen LogP contribution in [0.5, 0.6) is 0 Å². The zero-order valence-corrected chi connectivity index (χ0v) is 15.9. The zero-order valence-electron chi connectivity index (χ0n) is 15.9. The van der Waals surface area contributed by atoms with Crippen LogP contribution in [-0.4, -0.2) is 36.5 Å². The van der Waals surface area contributed by atoms with Crippen molar-refractivity contribution in [3.63, 3.8) is 0 Å². The van der Waals surface area contributed by atoms with Crippen molar-refractivity contribution in [2.45, 2.75) is 32.7 Å². The van der Waals surface area contributed by atoms with Crippen LogP contribution in [-0.2, 0) is 0 Å². The summed E-state index contributed by atoms with van der Waals surface area (Å²) in [6.45, 7) is 7.31. The lowest BCUT2D eigenvalue weighted by Crippen LogP contribution is -2.48. The molecule has 1 heterocycles. The van der Waals surface area contributed by atoms with E-state index in [0.29, 0.717) is 17.2 Å². The fourth-order valence-electron chi connectivity index (χ4n) is 3.70. The molecule has 2 aromatic carbocycles. The quantitative estimate of drug-likeness (QED) is 0.757. The summed E-state index contributed by atoms with van der Waals surface area (Å²) in [5, 5.41) is 0. The molecule has 1 aliphatic rings. The molecule has 0 unspecified atom stereocenters. The normalized spacial score (nSPS) is 15.9. The number of benzene rings is 2. The SMILES string of the molecule is CC(C)CN1CCC(N(C(=O)c2ccc(F)cc2)c2ccc(F)cc2)CC1. The number of anilines is 1. The summed E-state index contributed by atoms with van der Waals surface area (Å²) in [6, 6.07) is 11.6. The number of hydrogen-bond acceptors (Lipinski definition) is 2. The van der Waals surface area contributed by atoms with Crippen LogP contribution < -0.4 is 4.90 Å². The summed E-state index contributed by atoms with van der Waals surface area (Å²) in [4.78, 5) is 17.4. The van der Waals surface area contributed by atoms with Gasteiger partial charge in [0.25, 0.3) is 5.91 Å². The molecule has 1 amide bonds. The van der Waals surface area contributed by atoms with Gasteiger partial charge < -0.3 is 9.80 Å². The molecule has 27 heavy (non-hydrogen) atoms. The standard InChI is InChI=1S/C22H26F2N2O/c1-16(2)15-25-13-11-21(12-14-25)26(20-9-7-19(24)8-10-20)22(27)17-3-5-18(23)6-4-17/h3-10,16,21H,11-15H2,1-2H3. The maximum absolute atomic E-state index is 13.4. The van der Waals surface area contributed by atoms with Gasteiger partial charge in [0.05, 0.1) is 0 Å². The van der Waals surface area contributed by atoms with E-state index in [4.69, 9.17) is 0 Å². The maximum atomic E-state index is 13.4. The average Bonchev–Trinajstić information content (AvgIpc) is 2.65. The van der Waals surface area contributed by atoms with Crippen LogP contribution in [0.25, 0.3) is 0 Å². The van der Waals surface area contributed by atoms with E-state index < -0.39 is 0 Å². The molecule has 0 aliphatic carbocycles. The molecule has 3 nitrogen and oxygen atoms in total. The van der Waals surface area contributed by atoms with E-state index in [9.17, 15) is 13.6 Å². The van der Waals surface area contributed by atoms with Crippen LogP contribution in [0.2, 0.25) is 0 Å². The molecule has 0 atom stereocenters. The van der Waals surface area contributed by atoms with Crippen molar-refractivity contribution in [1.29, 1.82) is 0 Å². The highest BCUT2D eigenvalue weighted by Gasteiger charge is 2.30. The average molecular weight is 372 g/mol. The molecule has 0 saturated carbocycles. The molecule has 0 aromatic heterocycles. The van der Waals surface area contributed by atoms with Crippen LogP contribution in [0.15, 0.2) is 48.5 Å². The summed E-state index contributed by atoms with van der Waals surface area (Å²) >= 11 is 0. The van der Waals surface area contributed by atoms with E-state index in [1.54, 1.807) is 17.0 Å². The molecule has 1 fully saturated rings. The number of rotatable bonds is 5. The fraction of sp³-hybridized carbons (Fsp3) is 0.409. The van der Waals surface area contributed by atoms with Crippen molar-refractivity contribution in [3.8, 4) is 0 Å². The van der Waals surface area contributed by atoms with E-state index in [1.165, 1.54) is 36.4 Å². The molecule has 0 spiro atoms.